The Hall–Kier alpha value is -0.900. The average molecular weight is 418 g/mol. The average Bonchev–Trinajstić information content (AvgIpc) is 3.26. The van der Waals surface area contributed by atoms with E-state index in [2.05, 4.69) is 26.1 Å². The quantitative estimate of drug-likeness (QED) is 0.668. The van der Waals surface area contributed by atoms with Crippen molar-refractivity contribution in [3.05, 3.63) is 21.8 Å². The van der Waals surface area contributed by atoms with Crippen LogP contribution in [0.15, 0.2) is 20.4 Å². The number of thioether (sulfide) groups is 1. The zero-order chi connectivity index (χ0) is 16.2. The van der Waals surface area contributed by atoms with Crippen molar-refractivity contribution in [1.82, 2.24) is 15.0 Å². The molecule has 23 heavy (non-hydrogen) atoms. The summed E-state index contributed by atoms with van der Waals surface area (Å²) in [5.41, 5.74) is 0. The predicted molar refractivity (Wildman–Crippen MR) is 93.5 cm³/mol. The molecule has 9 heteroatoms. The zero-order valence-corrected chi connectivity index (χ0v) is 15.7. The Morgan fingerprint density at radius 3 is 3.13 bits per heavy atom. The third kappa shape index (κ3) is 4.56. The van der Waals surface area contributed by atoms with Gasteiger partial charge >= 0.3 is 5.97 Å². The van der Waals surface area contributed by atoms with Crippen molar-refractivity contribution in [3.63, 3.8) is 0 Å². The number of nitrogens with zero attached hydrogens (tertiary/aromatic N) is 3. The summed E-state index contributed by atoms with van der Waals surface area (Å²) >= 11 is 6.83. The summed E-state index contributed by atoms with van der Waals surface area (Å²) in [5, 5.41) is 3.90. The van der Waals surface area contributed by atoms with Crippen LogP contribution in [0, 0.1) is 0 Å². The van der Waals surface area contributed by atoms with Gasteiger partial charge in [0.05, 0.1) is 15.2 Å². The molecule has 1 aliphatic rings. The van der Waals surface area contributed by atoms with Gasteiger partial charge in [0.25, 0.3) is 5.89 Å². The summed E-state index contributed by atoms with van der Waals surface area (Å²) in [4.78, 5) is 19.1. The number of aromatic nitrogens is 2. The minimum Gasteiger partial charge on any atom is -0.455 e. The van der Waals surface area contributed by atoms with Crippen molar-refractivity contribution in [2.75, 3.05) is 25.1 Å². The molecule has 6 nitrogen and oxygen atoms in total. The van der Waals surface area contributed by atoms with Gasteiger partial charge in [-0.1, -0.05) is 5.16 Å². The lowest BCUT2D eigenvalue weighted by Gasteiger charge is -2.21. The van der Waals surface area contributed by atoms with Gasteiger partial charge in [0, 0.05) is 11.8 Å². The molecule has 1 aliphatic heterocycles. The monoisotopic (exact) mass is 417 g/mol. The number of halogens is 1. The van der Waals surface area contributed by atoms with Crippen LogP contribution in [0.3, 0.4) is 0 Å². The molecule has 2 aromatic rings. The first-order chi connectivity index (χ1) is 11.1. The molecule has 0 aromatic carbocycles. The Morgan fingerprint density at radius 1 is 1.57 bits per heavy atom. The summed E-state index contributed by atoms with van der Waals surface area (Å²) < 4.78 is 11.3. The van der Waals surface area contributed by atoms with Crippen molar-refractivity contribution in [2.45, 2.75) is 19.1 Å². The highest BCUT2D eigenvalue weighted by atomic mass is 79.9. The molecule has 1 saturated heterocycles. The zero-order valence-electron chi connectivity index (χ0n) is 12.5. The molecule has 0 saturated carbocycles. The highest BCUT2D eigenvalue weighted by molar-refractivity contribution is 9.11. The molecular formula is C14H16BrN3O3S2. The van der Waals surface area contributed by atoms with Crippen LogP contribution in [0.1, 0.15) is 12.3 Å². The van der Waals surface area contributed by atoms with Crippen LogP contribution >= 0.6 is 39.0 Å². The summed E-state index contributed by atoms with van der Waals surface area (Å²) in [7, 11) is 1.96. The summed E-state index contributed by atoms with van der Waals surface area (Å²) in [6.45, 7) is 0.287. The number of hydrogen-bond acceptors (Lipinski definition) is 8. The van der Waals surface area contributed by atoms with E-state index in [-0.39, 0.29) is 19.1 Å². The van der Waals surface area contributed by atoms with E-state index in [0.717, 1.165) is 26.6 Å². The number of carbonyl (C=O) groups excluding carboxylic acids is 1. The van der Waals surface area contributed by atoms with E-state index in [1.54, 1.807) is 0 Å². The minimum atomic E-state index is -0.275. The van der Waals surface area contributed by atoms with E-state index in [1.165, 1.54) is 11.3 Å². The third-order valence-corrected chi connectivity index (χ3v) is 6.29. The smallest absolute Gasteiger partial charge is 0.320 e. The third-order valence-electron chi connectivity index (χ3n) is 3.53. The van der Waals surface area contributed by atoms with Crippen LogP contribution < -0.4 is 0 Å². The van der Waals surface area contributed by atoms with Gasteiger partial charge in [-0.05, 0) is 47.3 Å². The van der Waals surface area contributed by atoms with E-state index in [0.29, 0.717) is 17.8 Å². The Bertz CT molecular complexity index is 670. The molecule has 0 N–H and O–H groups in total. The number of thiophene rings is 1. The summed E-state index contributed by atoms with van der Waals surface area (Å²) in [6, 6.07) is 4.29. The van der Waals surface area contributed by atoms with Crippen LogP contribution in [-0.4, -0.2) is 52.1 Å². The van der Waals surface area contributed by atoms with Crippen molar-refractivity contribution < 1.29 is 14.1 Å². The second-order valence-electron chi connectivity index (χ2n) is 5.21. The fraction of sp³-hybridized carbons (Fsp3) is 0.500. The lowest BCUT2D eigenvalue weighted by atomic mass is 10.2. The standard InChI is InChI=1S/C14H16BrN3O3S2/c1-18(9-4-5-22-8-9)6-13(19)20-7-12-16-14(17-21-12)10-2-3-11(15)23-10/h2-3,9H,4-8H2,1H3/t9-/m1/s1. The molecule has 1 fully saturated rings. The molecule has 3 rings (SSSR count). The molecule has 1 atom stereocenters. The van der Waals surface area contributed by atoms with Crippen LogP contribution in [0.25, 0.3) is 10.7 Å². The highest BCUT2D eigenvalue weighted by Crippen LogP contribution is 2.29. The molecule has 0 bridgehead atoms. The van der Waals surface area contributed by atoms with Crippen LogP contribution in [-0.2, 0) is 16.1 Å². The maximum Gasteiger partial charge on any atom is 0.320 e. The molecule has 0 unspecified atom stereocenters. The molecule has 0 radical (unpaired) electrons. The number of esters is 1. The Morgan fingerprint density at radius 2 is 2.43 bits per heavy atom. The topological polar surface area (TPSA) is 68.5 Å². The number of rotatable bonds is 6. The first-order valence-electron chi connectivity index (χ1n) is 7.13. The Labute approximate surface area is 150 Å². The second kappa shape index (κ2) is 7.78. The van der Waals surface area contributed by atoms with E-state index < -0.39 is 0 Å². The lowest BCUT2D eigenvalue weighted by molar-refractivity contribution is -0.147. The second-order valence-corrected chi connectivity index (χ2v) is 8.82. The Kier molecular flexibility index (Phi) is 5.73. The van der Waals surface area contributed by atoms with E-state index in [9.17, 15) is 4.79 Å². The molecule has 0 aliphatic carbocycles. The molecule has 124 valence electrons. The van der Waals surface area contributed by atoms with E-state index >= 15 is 0 Å². The van der Waals surface area contributed by atoms with Crippen molar-refractivity contribution in [3.8, 4) is 10.7 Å². The number of ether oxygens (including phenoxy) is 1. The van der Waals surface area contributed by atoms with E-state index in [1.807, 2.05) is 35.8 Å². The SMILES string of the molecule is CN(CC(=O)OCc1nc(-c2ccc(Br)s2)no1)[C@@H]1CCSC1. The predicted octanol–water partition coefficient (Wildman–Crippen LogP) is 3.04. The minimum absolute atomic E-state index is 0.00559. The molecule has 2 aromatic heterocycles. The van der Waals surface area contributed by atoms with E-state index in [4.69, 9.17) is 9.26 Å². The first kappa shape index (κ1) is 16.9. The fourth-order valence-electron chi connectivity index (χ4n) is 2.24. The maximum atomic E-state index is 11.9. The van der Waals surface area contributed by atoms with Gasteiger partial charge in [-0.2, -0.15) is 16.7 Å². The molecule has 3 heterocycles. The van der Waals surface area contributed by atoms with Crippen LogP contribution in [0.5, 0.6) is 0 Å². The van der Waals surface area contributed by atoms with Crippen molar-refractivity contribution >= 4 is 45.0 Å². The molecule has 0 spiro atoms. The van der Waals surface area contributed by atoms with Crippen LogP contribution in [0.2, 0.25) is 0 Å². The van der Waals surface area contributed by atoms with Gasteiger partial charge in [0.1, 0.15) is 0 Å². The normalized spacial score (nSPS) is 17.8. The maximum absolute atomic E-state index is 11.9. The van der Waals surface area contributed by atoms with Gasteiger partial charge < -0.3 is 9.26 Å². The number of hydrogen-bond donors (Lipinski definition) is 0. The lowest BCUT2D eigenvalue weighted by Crippen LogP contribution is -2.36. The Balaban J connectivity index is 1.48. The van der Waals surface area contributed by atoms with Gasteiger partial charge in [0.15, 0.2) is 6.61 Å². The number of likely N-dealkylation sites (N-methyl/N-ethyl adjacent to an activating group) is 1. The highest BCUT2D eigenvalue weighted by Gasteiger charge is 2.22. The largest absolute Gasteiger partial charge is 0.455 e. The molecular weight excluding hydrogens is 402 g/mol. The summed E-state index contributed by atoms with van der Waals surface area (Å²) in [5.74, 6) is 2.77. The van der Waals surface area contributed by atoms with Crippen molar-refractivity contribution in [1.29, 1.82) is 0 Å². The first-order valence-corrected chi connectivity index (χ1v) is 9.90. The van der Waals surface area contributed by atoms with Crippen molar-refractivity contribution in [2.24, 2.45) is 0 Å². The van der Waals surface area contributed by atoms with Crippen LogP contribution in [0.4, 0.5) is 0 Å². The van der Waals surface area contributed by atoms with Gasteiger partial charge in [-0.25, -0.2) is 0 Å². The number of carbonyl (C=O) groups is 1. The summed E-state index contributed by atoms with van der Waals surface area (Å²) in [6.07, 6.45) is 1.12. The van der Waals surface area contributed by atoms with Gasteiger partial charge in [-0.3, -0.25) is 9.69 Å². The molecule has 0 amide bonds. The van der Waals surface area contributed by atoms with Gasteiger partial charge in [-0.15, -0.1) is 11.3 Å². The van der Waals surface area contributed by atoms with Gasteiger partial charge in [0.2, 0.25) is 5.82 Å². The fourth-order valence-corrected chi connectivity index (χ4v) is 4.85.